The number of aryl methyl sites for hydroxylation is 2. The van der Waals surface area contributed by atoms with Gasteiger partial charge in [0.25, 0.3) is 0 Å². The Morgan fingerprint density at radius 1 is 1.32 bits per heavy atom. The molecule has 1 fully saturated rings. The molecule has 1 aliphatic heterocycles. The van der Waals surface area contributed by atoms with Gasteiger partial charge in [-0.3, -0.25) is 4.98 Å². The molecule has 1 aliphatic rings. The molecule has 1 aromatic heterocycles. The predicted molar refractivity (Wildman–Crippen MR) is 80.6 cm³/mol. The highest BCUT2D eigenvalue weighted by Crippen LogP contribution is 2.25. The lowest BCUT2D eigenvalue weighted by Crippen LogP contribution is -2.24. The SMILES string of the molecule is Cc1nc2ccccc2c(C)c1C(=O)O[C@H]1C[C@H](C)OC1=O. The molecule has 0 bridgehead atoms. The van der Waals surface area contributed by atoms with E-state index in [1.54, 1.807) is 13.8 Å². The smallest absolute Gasteiger partial charge is 0.347 e. The van der Waals surface area contributed by atoms with Crippen molar-refractivity contribution in [3.05, 3.63) is 41.1 Å². The Morgan fingerprint density at radius 3 is 2.73 bits per heavy atom. The molecule has 0 aliphatic carbocycles. The number of carbonyl (C=O) groups excluding carboxylic acids is 2. The number of benzene rings is 1. The van der Waals surface area contributed by atoms with E-state index in [9.17, 15) is 9.59 Å². The number of fused-ring (bicyclic) bond motifs is 1. The number of cyclic esters (lactones) is 1. The normalized spacial score (nSPS) is 21.0. The van der Waals surface area contributed by atoms with Crippen LogP contribution >= 0.6 is 0 Å². The maximum atomic E-state index is 12.5. The minimum absolute atomic E-state index is 0.220. The Morgan fingerprint density at radius 2 is 2.05 bits per heavy atom. The number of nitrogens with zero attached hydrogens (tertiary/aromatic N) is 1. The van der Waals surface area contributed by atoms with Gasteiger partial charge in [-0.25, -0.2) is 9.59 Å². The monoisotopic (exact) mass is 299 g/mol. The van der Waals surface area contributed by atoms with E-state index in [4.69, 9.17) is 9.47 Å². The highest BCUT2D eigenvalue weighted by Gasteiger charge is 2.35. The van der Waals surface area contributed by atoms with Gasteiger partial charge in [0, 0.05) is 11.8 Å². The number of rotatable bonds is 2. The Hall–Kier alpha value is -2.43. The van der Waals surface area contributed by atoms with Crippen molar-refractivity contribution in [3.63, 3.8) is 0 Å². The molecule has 5 nitrogen and oxygen atoms in total. The maximum Gasteiger partial charge on any atom is 0.347 e. The Kier molecular flexibility index (Phi) is 3.56. The summed E-state index contributed by atoms with van der Waals surface area (Å²) >= 11 is 0. The lowest BCUT2D eigenvalue weighted by atomic mass is 10.0. The fraction of sp³-hybridized carbons (Fsp3) is 0.353. The topological polar surface area (TPSA) is 65.5 Å². The van der Waals surface area contributed by atoms with Crippen LogP contribution in [0.4, 0.5) is 0 Å². The lowest BCUT2D eigenvalue weighted by Gasteiger charge is -2.13. The van der Waals surface area contributed by atoms with Gasteiger partial charge in [0.15, 0.2) is 0 Å². The molecule has 2 atom stereocenters. The number of esters is 2. The molecule has 114 valence electrons. The van der Waals surface area contributed by atoms with Crippen LogP contribution < -0.4 is 0 Å². The molecule has 5 heteroatoms. The molecule has 2 aromatic rings. The van der Waals surface area contributed by atoms with Crippen molar-refractivity contribution in [2.75, 3.05) is 0 Å². The zero-order valence-corrected chi connectivity index (χ0v) is 12.8. The largest absolute Gasteiger partial charge is 0.460 e. The summed E-state index contributed by atoms with van der Waals surface area (Å²) in [5.74, 6) is -1.01. The maximum absolute atomic E-state index is 12.5. The van der Waals surface area contributed by atoms with Crippen LogP contribution in [0.5, 0.6) is 0 Å². The average molecular weight is 299 g/mol. The summed E-state index contributed by atoms with van der Waals surface area (Å²) in [5.41, 5.74) is 2.67. The van der Waals surface area contributed by atoms with Crippen LogP contribution in [-0.2, 0) is 14.3 Å². The fourth-order valence-electron chi connectivity index (χ4n) is 2.84. The summed E-state index contributed by atoms with van der Waals surface area (Å²) in [7, 11) is 0. The molecule has 3 rings (SSSR count). The van der Waals surface area contributed by atoms with Gasteiger partial charge in [0.2, 0.25) is 6.10 Å². The van der Waals surface area contributed by atoms with Crippen LogP contribution in [0.15, 0.2) is 24.3 Å². The molecule has 0 spiro atoms. The van der Waals surface area contributed by atoms with E-state index in [1.165, 1.54) is 0 Å². The highest BCUT2D eigenvalue weighted by molar-refractivity contribution is 5.99. The van der Waals surface area contributed by atoms with Gasteiger partial charge < -0.3 is 9.47 Å². The van der Waals surface area contributed by atoms with Crippen molar-refractivity contribution in [1.29, 1.82) is 0 Å². The first-order valence-corrected chi connectivity index (χ1v) is 7.24. The number of para-hydroxylation sites is 1. The van der Waals surface area contributed by atoms with E-state index in [-0.39, 0.29) is 6.10 Å². The van der Waals surface area contributed by atoms with E-state index in [0.717, 1.165) is 16.5 Å². The van der Waals surface area contributed by atoms with Gasteiger partial charge in [0.05, 0.1) is 16.8 Å². The predicted octanol–water partition coefficient (Wildman–Crippen LogP) is 2.71. The van der Waals surface area contributed by atoms with Gasteiger partial charge in [-0.1, -0.05) is 18.2 Å². The lowest BCUT2D eigenvalue weighted by molar-refractivity contribution is -0.147. The number of pyridine rings is 1. The van der Waals surface area contributed by atoms with Crippen molar-refractivity contribution in [1.82, 2.24) is 4.98 Å². The molecule has 2 heterocycles. The van der Waals surface area contributed by atoms with Crippen molar-refractivity contribution in [2.45, 2.75) is 39.4 Å². The van der Waals surface area contributed by atoms with Gasteiger partial charge in [-0.15, -0.1) is 0 Å². The van der Waals surface area contributed by atoms with Crippen LogP contribution in [0.1, 0.15) is 35.0 Å². The number of carbonyl (C=O) groups is 2. The van der Waals surface area contributed by atoms with Gasteiger partial charge in [-0.2, -0.15) is 0 Å². The fourth-order valence-corrected chi connectivity index (χ4v) is 2.84. The third-order valence-corrected chi connectivity index (χ3v) is 3.91. The Balaban J connectivity index is 1.96. The molecule has 1 aromatic carbocycles. The van der Waals surface area contributed by atoms with Crippen molar-refractivity contribution < 1.29 is 19.1 Å². The van der Waals surface area contributed by atoms with Crippen LogP contribution in [-0.4, -0.2) is 29.1 Å². The van der Waals surface area contributed by atoms with E-state index in [1.807, 2.05) is 31.2 Å². The molecule has 22 heavy (non-hydrogen) atoms. The molecular weight excluding hydrogens is 282 g/mol. The first-order chi connectivity index (χ1) is 10.5. The minimum atomic E-state index is -0.826. The van der Waals surface area contributed by atoms with Crippen molar-refractivity contribution in [3.8, 4) is 0 Å². The summed E-state index contributed by atoms with van der Waals surface area (Å²) in [5, 5.41) is 0.905. The van der Waals surface area contributed by atoms with Crippen LogP contribution in [0.3, 0.4) is 0 Å². The summed E-state index contributed by atoms with van der Waals surface area (Å²) < 4.78 is 10.3. The average Bonchev–Trinajstić information content (AvgIpc) is 2.76. The second-order valence-electron chi connectivity index (χ2n) is 5.59. The van der Waals surface area contributed by atoms with Gasteiger partial charge in [-0.05, 0) is 32.4 Å². The summed E-state index contributed by atoms with van der Waals surface area (Å²) in [4.78, 5) is 28.5. The first-order valence-electron chi connectivity index (χ1n) is 7.24. The molecule has 0 N–H and O–H groups in total. The number of hydrogen-bond donors (Lipinski definition) is 0. The minimum Gasteiger partial charge on any atom is -0.460 e. The third kappa shape index (κ3) is 2.43. The molecule has 0 radical (unpaired) electrons. The summed E-state index contributed by atoms with van der Waals surface area (Å²) in [6.07, 6.45) is -0.654. The quantitative estimate of drug-likeness (QED) is 0.798. The van der Waals surface area contributed by atoms with E-state index >= 15 is 0 Å². The molecule has 0 unspecified atom stereocenters. The van der Waals surface area contributed by atoms with Crippen LogP contribution in [0, 0.1) is 13.8 Å². The van der Waals surface area contributed by atoms with Gasteiger partial charge in [0.1, 0.15) is 6.10 Å². The van der Waals surface area contributed by atoms with E-state index < -0.39 is 18.0 Å². The van der Waals surface area contributed by atoms with E-state index in [0.29, 0.717) is 17.7 Å². The molecular formula is C17H17NO4. The second kappa shape index (κ2) is 5.40. The number of ether oxygens (including phenoxy) is 2. The van der Waals surface area contributed by atoms with Gasteiger partial charge >= 0.3 is 11.9 Å². The second-order valence-corrected chi connectivity index (χ2v) is 5.59. The van der Waals surface area contributed by atoms with Crippen molar-refractivity contribution >= 4 is 22.8 Å². The van der Waals surface area contributed by atoms with Crippen LogP contribution in [0.25, 0.3) is 10.9 Å². The summed E-state index contributed by atoms with van der Waals surface area (Å²) in [6, 6.07) is 7.62. The first kappa shape index (κ1) is 14.5. The van der Waals surface area contributed by atoms with E-state index in [2.05, 4.69) is 4.98 Å². The molecule has 0 amide bonds. The Labute approximate surface area is 128 Å². The molecule has 0 saturated carbocycles. The standard InChI is InChI=1S/C17H17NO4/c1-9-8-14(16(19)21-9)22-17(20)15-10(2)12-6-4-5-7-13(12)18-11(15)3/h4-7,9,14H,8H2,1-3H3/t9-,14-/m0/s1. The Bertz CT molecular complexity index is 769. The highest BCUT2D eigenvalue weighted by atomic mass is 16.6. The zero-order chi connectivity index (χ0) is 15.9. The van der Waals surface area contributed by atoms with Crippen LogP contribution in [0.2, 0.25) is 0 Å². The van der Waals surface area contributed by atoms with Crippen molar-refractivity contribution in [2.24, 2.45) is 0 Å². The summed E-state index contributed by atoms with van der Waals surface area (Å²) in [6.45, 7) is 5.41. The zero-order valence-electron chi connectivity index (χ0n) is 12.8. The molecule has 1 saturated heterocycles. The third-order valence-electron chi connectivity index (χ3n) is 3.91. The number of aromatic nitrogens is 1. The number of hydrogen-bond acceptors (Lipinski definition) is 5.